The SMILES string of the molecule is C=C(C)[C@@H]1CC=C(C(c2nnnn2-c2c(C)cccc2C)N2CCCC2)CC1.C=C(C)[C@@H]1CC=C(C(c2nnnn2-c2c(C)cccc2C)N2CCCC2C)CC1.C=C(C)[C@@H]1CC=C(C(c2nnnn2-c2c(C)cccc2C)N2CCCCC2)CC1.C=C(C)[C@@H]1CC=C(C(c2nnnn2-c2c(C)cccc2C)N2CCCCCC2)CC1. The number of benzene rings is 4. The number of para-hydroxylation sites is 4. The lowest BCUT2D eigenvalue weighted by atomic mass is 9.82. The molecule has 8 aliphatic rings. The highest BCUT2D eigenvalue weighted by molar-refractivity contribution is 5.51. The molecule has 0 spiro atoms. The third-order valence-corrected chi connectivity index (χ3v) is 26.7. The molecule has 0 radical (unpaired) electrons. The second-order valence-corrected chi connectivity index (χ2v) is 35.3. The third-order valence-electron chi connectivity index (χ3n) is 26.7. The summed E-state index contributed by atoms with van der Waals surface area (Å²) in [5, 5.41) is 52.6. The van der Waals surface area contributed by atoms with E-state index < -0.39 is 0 Å². The van der Waals surface area contributed by atoms with E-state index >= 15 is 0 Å². The summed E-state index contributed by atoms with van der Waals surface area (Å²) < 4.78 is 7.98. The second kappa shape index (κ2) is 39.4. The lowest BCUT2D eigenvalue weighted by Crippen LogP contribution is -2.37. The smallest absolute Gasteiger partial charge is 0.178 e. The predicted molar refractivity (Wildman–Crippen MR) is 468 cm³/mol. The molecule has 16 rings (SSSR count). The minimum absolute atomic E-state index is 0.146. The summed E-state index contributed by atoms with van der Waals surface area (Å²) in [5.41, 5.74) is 25.2. The van der Waals surface area contributed by atoms with Crippen LogP contribution in [0.2, 0.25) is 0 Å². The van der Waals surface area contributed by atoms with Crippen molar-refractivity contribution in [3.63, 3.8) is 0 Å². The van der Waals surface area contributed by atoms with E-state index in [-0.39, 0.29) is 24.2 Å². The van der Waals surface area contributed by atoms with Crippen LogP contribution in [0.4, 0.5) is 0 Å². The highest BCUT2D eigenvalue weighted by Crippen LogP contribution is 2.45. The van der Waals surface area contributed by atoms with Gasteiger partial charge in [-0.15, -0.1) is 20.4 Å². The average molecular weight is 1570 g/mol. The predicted octanol–water partition coefficient (Wildman–Crippen LogP) is 20.4. The first-order valence-corrected chi connectivity index (χ1v) is 43.9. The van der Waals surface area contributed by atoms with Crippen molar-refractivity contribution in [1.29, 1.82) is 0 Å². The van der Waals surface area contributed by atoms with E-state index in [1.807, 2.05) is 18.7 Å². The molecule has 9 atom stereocenters. The van der Waals surface area contributed by atoms with Gasteiger partial charge in [-0.3, -0.25) is 19.6 Å². The van der Waals surface area contributed by atoms with Gasteiger partial charge in [0.2, 0.25) is 0 Å². The van der Waals surface area contributed by atoms with Crippen molar-refractivity contribution >= 4 is 0 Å². The van der Waals surface area contributed by atoms with E-state index in [1.54, 1.807) is 0 Å². The highest BCUT2D eigenvalue weighted by Gasteiger charge is 2.40. The molecule has 5 unspecified atom stereocenters. The molecule has 0 saturated carbocycles. The van der Waals surface area contributed by atoms with Crippen molar-refractivity contribution in [2.45, 2.75) is 268 Å². The van der Waals surface area contributed by atoms with Gasteiger partial charge in [-0.1, -0.05) is 165 Å². The van der Waals surface area contributed by atoms with E-state index in [0.717, 1.165) is 143 Å². The largest absolute Gasteiger partial charge is 0.290 e. The molecule has 4 saturated heterocycles. The van der Waals surface area contributed by atoms with Crippen LogP contribution in [0.15, 0.2) is 168 Å². The van der Waals surface area contributed by atoms with Crippen molar-refractivity contribution in [1.82, 2.24) is 100 Å². The van der Waals surface area contributed by atoms with Crippen LogP contribution in [0.25, 0.3) is 22.7 Å². The van der Waals surface area contributed by atoms with Crippen LogP contribution >= 0.6 is 0 Å². The van der Waals surface area contributed by atoms with Gasteiger partial charge in [0, 0.05) is 6.04 Å². The normalized spacial score (nSPS) is 22.2. The molecule has 20 nitrogen and oxygen atoms in total. The fourth-order valence-corrected chi connectivity index (χ4v) is 19.9. The molecule has 0 amide bonds. The van der Waals surface area contributed by atoms with Crippen LogP contribution in [0.1, 0.15) is 274 Å². The van der Waals surface area contributed by atoms with Gasteiger partial charge in [-0.25, -0.2) is 0 Å². The third kappa shape index (κ3) is 19.5. The summed E-state index contributed by atoms with van der Waals surface area (Å²) in [4.78, 5) is 10.4. The van der Waals surface area contributed by atoms with Crippen LogP contribution in [0, 0.1) is 79.1 Å². The molecule has 116 heavy (non-hydrogen) atoms. The van der Waals surface area contributed by atoms with Gasteiger partial charge in [0.15, 0.2) is 23.3 Å². The monoisotopic (exact) mass is 1570 g/mol. The Morgan fingerprint density at radius 3 is 0.767 bits per heavy atom. The molecule has 4 aliphatic heterocycles. The first-order chi connectivity index (χ1) is 56.1. The molecule has 4 fully saturated rings. The highest BCUT2D eigenvalue weighted by atomic mass is 15.6. The quantitative estimate of drug-likeness (QED) is 0.0655. The number of hydrogen-bond acceptors (Lipinski definition) is 16. The van der Waals surface area contributed by atoms with Crippen LogP contribution in [0.3, 0.4) is 0 Å². The standard InChI is InChI=1S/C25H35N5.2C24H33N5.C23H31N5/c1-18(2)21-12-14-22(15-13-21)24(29-16-7-5-6-8-17-29)25-26-27-28-30(25)23-19(3)10-9-11-20(23)4;1-16(2)20-11-13-21(14-12-20)23(28-15-7-10-19(28)5)24-25-26-27-29(24)22-17(3)8-6-9-18(22)4;1-17(2)20-11-13-21(14-12-20)23(28-15-6-5-7-16-28)24-25-26-27-29(24)22-18(3)9-8-10-19(22)4;1-16(2)19-10-12-20(13-11-19)22(27-14-5-6-15-27)23-24-25-26-28(23)21-17(3)8-7-9-18(21)4/h9-11,14,21,24H,1,5-8,12-13,15-17H2,2-4H3;6,8-9,13,19-20,23H,1,7,10-12,14-15H2,2-5H3;8-10,13,20,23H,1,5-7,11-12,14-16H2,2-4H3;7-9,12,19,22H,1,5-6,10-11,13-15H2,2-4H3/t21-,24?;19?,20-,23?;20-,23?;19-,22?/m1111/s1. The Hall–Kier alpha value is -9.08. The molecule has 8 heterocycles. The van der Waals surface area contributed by atoms with Crippen molar-refractivity contribution in [2.75, 3.05) is 45.8 Å². The van der Waals surface area contributed by atoms with Gasteiger partial charge in [0.05, 0.1) is 46.9 Å². The van der Waals surface area contributed by atoms with Crippen LogP contribution in [-0.2, 0) is 0 Å². The van der Waals surface area contributed by atoms with Crippen LogP contribution in [-0.4, -0.2) is 152 Å². The Bertz CT molecular complexity index is 4760. The molecule has 4 aromatic heterocycles. The topological polar surface area (TPSA) is 187 Å². The van der Waals surface area contributed by atoms with Gasteiger partial charge >= 0.3 is 0 Å². The summed E-state index contributed by atoms with van der Waals surface area (Å²) in [6, 6.07) is 26.7. The van der Waals surface area contributed by atoms with Crippen molar-refractivity contribution < 1.29 is 0 Å². The first-order valence-electron chi connectivity index (χ1n) is 43.9. The Balaban J connectivity index is 0.000000135. The number of piperidine rings is 1. The molecule has 8 aromatic rings. The van der Waals surface area contributed by atoms with Crippen molar-refractivity contribution in [3.8, 4) is 22.7 Å². The summed E-state index contributed by atoms with van der Waals surface area (Å²) >= 11 is 0. The zero-order chi connectivity index (χ0) is 81.7. The Morgan fingerprint density at radius 1 is 0.310 bits per heavy atom. The lowest BCUT2D eigenvalue weighted by molar-refractivity contribution is 0.172. The zero-order valence-corrected chi connectivity index (χ0v) is 72.4. The molecule has 0 bridgehead atoms. The molecule has 20 heteroatoms. The Labute approximate surface area is 692 Å². The summed E-state index contributed by atoms with van der Waals surface area (Å²) in [6.45, 7) is 52.6. The van der Waals surface area contributed by atoms with Gasteiger partial charge in [0.25, 0.3) is 0 Å². The number of aromatic nitrogens is 16. The molecule has 4 aromatic carbocycles. The van der Waals surface area contributed by atoms with Crippen LogP contribution < -0.4 is 0 Å². The summed E-state index contributed by atoms with van der Waals surface area (Å²) in [5.74, 6) is 6.26. The van der Waals surface area contributed by atoms with Gasteiger partial charge in [0.1, 0.15) is 0 Å². The van der Waals surface area contributed by atoms with Crippen LogP contribution in [0.5, 0.6) is 0 Å². The van der Waals surface area contributed by atoms with Crippen molar-refractivity contribution in [2.24, 2.45) is 23.7 Å². The molecular formula is C96H132N20. The van der Waals surface area contributed by atoms with Crippen molar-refractivity contribution in [3.05, 3.63) is 236 Å². The van der Waals surface area contributed by atoms with Gasteiger partial charge < -0.3 is 0 Å². The maximum Gasteiger partial charge on any atom is 0.178 e. The number of rotatable bonds is 20. The maximum atomic E-state index is 4.61. The van der Waals surface area contributed by atoms with E-state index in [0.29, 0.717) is 29.7 Å². The maximum absolute atomic E-state index is 4.61. The van der Waals surface area contributed by atoms with E-state index in [4.69, 9.17) is 0 Å². The number of tetrazole rings is 4. The summed E-state index contributed by atoms with van der Waals surface area (Å²) in [7, 11) is 0. The Kier molecular flexibility index (Phi) is 28.8. The lowest BCUT2D eigenvalue weighted by Gasteiger charge is -2.37. The fraction of sp³-hybridized carbons (Fsp3) is 0.542. The van der Waals surface area contributed by atoms with Gasteiger partial charge in [-0.2, -0.15) is 18.7 Å². The molecular weight excluding hydrogens is 1430 g/mol. The minimum Gasteiger partial charge on any atom is -0.290 e. The fourth-order valence-electron chi connectivity index (χ4n) is 19.9. The Morgan fingerprint density at radius 2 is 0.543 bits per heavy atom. The summed E-state index contributed by atoms with van der Waals surface area (Å²) in [6.07, 6.45) is 37.2. The number of nitrogens with zero attached hydrogens (tertiary/aromatic N) is 20. The zero-order valence-electron chi connectivity index (χ0n) is 72.4. The molecule has 0 N–H and O–H groups in total. The van der Waals surface area contributed by atoms with E-state index in [1.165, 1.54) is 185 Å². The number of allylic oxidation sites excluding steroid dienone is 8. The number of likely N-dealkylation sites (tertiary alicyclic amines) is 4. The number of aryl methyl sites for hydroxylation is 8. The molecule has 616 valence electrons. The molecule has 4 aliphatic carbocycles. The first kappa shape index (κ1) is 84.8. The van der Waals surface area contributed by atoms with E-state index in [2.05, 4.69) is 295 Å². The van der Waals surface area contributed by atoms with E-state index in [9.17, 15) is 0 Å². The van der Waals surface area contributed by atoms with Gasteiger partial charge in [-0.05, 0) is 396 Å². The number of hydrogen-bond donors (Lipinski definition) is 0. The second-order valence-electron chi connectivity index (χ2n) is 35.3. The minimum atomic E-state index is 0.146. The average Bonchev–Trinajstić information content (AvgIpc) is 1.59.